The van der Waals surface area contributed by atoms with Crippen LogP contribution in [0.2, 0.25) is 0 Å². The monoisotopic (exact) mass is 281 g/mol. The van der Waals surface area contributed by atoms with E-state index in [4.69, 9.17) is 11.5 Å². The third-order valence-corrected chi connectivity index (χ3v) is 3.06. The summed E-state index contributed by atoms with van der Waals surface area (Å²) in [6.07, 6.45) is 1.64. The molecular formula is C15H12FN5. The zero-order valence-corrected chi connectivity index (χ0v) is 11.0. The lowest BCUT2D eigenvalue weighted by Gasteiger charge is -2.07. The van der Waals surface area contributed by atoms with Crippen molar-refractivity contribution in [3.63, 3.8) is 0 Å². The summed E-state index contributed by atoms with van der Waals surface area (Å²) in [5, 5.41) is 7.81. The van der Waals surface area contributed by atoms with Crippen LogP contribution in [0.3, 0.4) is 0 Å². The number of aromatic nitrogens is 3. The van der Waals surface area contributed by atoms with E-state index in [2.05, 4.69) is 15.2 Å². The van der Waals surface area contributed by atoms with Gasteiger partial charge in [0.2, 0.25) is 0 Å². The molecule has 0 spiro atoms. The minimum atomic E-state index is -0.285. The fourth-order valence-corrected chi connectivity index (χ4v) is 1.97. The molecule has 5 nitrogen and oxygen atoms in total. The second kappa shape index (κ2) is 5.16. The van der Waals surface area contributed by atoms with Crippen molar-refractivity contribution in [2.24, 2.45) is 0 Å². The summed E-state index contributed by atoms with van der Waals surface area (Å²) in [5.74, 6) is 0.395. The van der Waals surface area contributed by atoms with Gasteiger partial charge < -0.3 is 11.5 Å². The van der Waals surface area contributed by atoms with Gasteiger partial charge in [0.05, 0.1) is 5.69 Å². The van der Waals surface area contributed by atoms with E-state index in [9.17, 15) is 4.39 Å². The van der Waals surface area contributed by atoms with Crippen LogP contribution in [0, 0.1) is 5.82 Å². The zero-order valence-electron chi connectivity index (χ0n) is 11.0. The molecule has 1 aromatic carbocycles. The quantitative estimate of drug-likeness (QED) is 0.753. The molecule has 3 rings (SSSR count). The number of anilines is 2. The van der Waals surface area contributed by atoms with Crippen LogP contribution in [0.15, 0.2) is 48.7 Å². The van der Waals surface area contributed by atoms with Crippen LogP contribution in [-0.4, -0.2) is 15.2 Å². The molecule has 0 aliphatic carbocycles. The highest BCUT2D eigenvalue weighted by atomic mass is 19.1. The van der Waals surface area contributed by atoms with Crippen molar-refractivity contribution in [2.45, 2.75) is 0 Å². The zero-order chi connectivity index (χ0) is 14.8. The van der Waals surface area contributed by atoms with Crippen LogP contribution in [0.4, 0.5) is 16.0 Å². The molecule has 0 saturated carbocycles. The third kappa shape index (κ3) is 2.64. The van der Waals surface area contributed by atoms with E-state index in [0.29, 0.717) is 22.9 Å². The molecule has 0 aliphatic rings. The van der Waals surface area contributed by atoms with Crippen molar-refractivity contribution in [3.05, 3.63) is 54.5 Å². The van der Waals surface area contributed by atoms with E-state index >= 15 is 0 Å². The number of hydrogen-bond acceptors (Lipinski definition) is 5. The summed E-state index contributed by atoms with van der Waals surface area (Å²) in [7, 11) is 0. The Kier molecular flexibility index (Phi) is 3.19. The van der Waals surface area contributed by atoms with Crippen molar-refractivity contribution < 1.29 is 4.39 Å². The van der Waals surface area contributed by atoms with Crippen molar-refractivity contribution >= 4 is 11.6 Å². The number of pyridine rings is 1. The average molecular weight is 281 g/mol. The smallest absolute Gasteiger partial charge is 0.146 e. The summed E-state index contributed by atoms with van der Waals surface area (Å²) >= 11 is 0. The van der Waals surface area contributed by atoms with Crippen LogP contribution >= 0.6 is 0 Å². The molecule has 0 fully saturated rings. The van der Waals surface area contributed by atoms with E-state index in [-0.39, 0.29) is 5.82 Å². The normalized spacial score (nSPS) is 10.5. The molecule has 0 atom stereocenters. The first-order chi connectivity index (χ1) is 10.1. The maximum absolute atomic E-state index is 13.0. The van der Waals surface area contributed by atoms with Crippen LogP contribution in [0.1, 0.15) is 0 Å². The van der Waals surface area contributed by atoms with Crippen LogP contribution in [0.5, 0.6) is 0 Å². The lowest BCUT2D eigenvalue weighted by molar-refractivity contribution is 0.628. The van der Waals surface area contributed by atoms with Gasteiger partial charge >= 0.3 is 0 Å². The highest BCUT2D eigenvalue weighted by Gasteiger charge is 2.09. The average Bonchev–Trinajstić information content (AvgIpc) is 2.50. The largest absolute Gasteiger partial charge is 0.383 e. The van der Waals surface area contributed by atoms with Gasteiger partial charge in [-0.15, -0.1) is 10.2 Å². The third-order valence-electron chi connectivity index (χ3n) is 3.06. The highest BCUT2D eigenvalue weighted by Crippen LogP contribution is 2.28. The number of benzene rings is 1. The van der Waals surface area contributed by atoms with Gasteiger partial charge in [-0.1, -0.05) is 12.1 Å². The second-order valence-electron chi connectivity index (χ2n) is 4.51. The predicted octanol–water partition coefficient (Wildman–Crippen LogP) is 2.51. The van der Waals surface area contributed by atoms with Crippen LogP contribution in [0.25, 0.3) is 22.4 Å². The Morgan fingerprint density at radius 1 is 0.857 bits per heavy atom. The molecule has 4 N–H and O–H groups in total. The summed E-state index contributed by atoms with van der Waals surface area (Å²) in [4.78, 5) is 4.16. The minimum Gasteiger partial charge on any atom is -0.383 e. The Labute approximate surface area is 120 Å². The number of halogens is 1. The molecular weight excluding hydrogens is 269 g/mol. The summed E-state index contributed by atoms with van der Waals surface area (Å²) in [5.41, 5.74) is 14.3. The molecule has 0 radical (unpaired) electrons. The van der Waals surface area contributed by atoms with E-state index in [1.807, 2.05) is 6.07 Å². The van der Waals surface area contributed by atoms with Crippen molar-refractivity contribution in [1.29, 1.82) is 0 Å². The first-order valence-corrected chi connectivity index (χ1v) is 6.24. The van der Waals surface area contributed by atoms with Gasteiger partial charge in [0.25, 0.3) is 0 Å². The standard InChI is InChI=1S/C15H12FN5/c16-11-3-1-9(2-4-11)10-7-12(15(18)19-8-10)13-5-6-14(17)21-20-13/h1-8H,(H2,17,21)(H2,18,19). The molecule has 104 valence electrons. The lowest BCUT2D eigenvalue weighted by Crippen LogP contribution is -1.99. The van der Waals surface area contributed by atoms with Crippen LogP contribution in [-0.2, 0) is 0 Å². The summed E-state index contributed by atoms with van der Waals surface area (Å²) in [6, 6.07) is 11.4. The maximum atomic E-state index is 13.0. The molecule has 0 bridgehead atoms. The Morgan fingerprint density at radius 2 is 1.62 bits per heavy atom. The van der Waals surface area contributed by atoms with E-state index in [0.717, 1.165) is 11.1 Å². The summed E-state index contributed by atoms with van der Waals surface area (Å²) in [6.45, 7) is 0. The number of hydrogen-bond donors (Lipinski definition) is 2. The van der Waals surface area contributed by atoms with Crippen molar-refractivity contribution in [3.8, 4) is 22.4 Å². The van der Waals surface area contributed by atoms with E-state index in [1.54, 1.807) is 30.5 Å². The van der Waals surface area contributed by atoms with Crippen molar-refractivity contribution in [1.82, 2.24) is 15.2 Å². The number of nitrogens with two attached hydrogens (primary N) is 2. The number of rotatable bonds is 2. The fraction of sp³-hybridized carbons (Fsp3) is 0. The van der Waals surface area contributed by atoms with E-state index in [1.165, 1.54) is 12.1 Å². The maximum Gasteiger partial charge on any atom is 0.146 e. The molecule has 2 aromatic heterocycles. The Balaban J connectivity index is 2.07. The SMILES string of the molecule is Nc1ccc(-c2cc(-c3ccc(F)cc3)cnc2N)nn1. The predicted molar refractivity (Wildman–Crippen MR) is 79.5 cm³/mol. The fourth-order valence-electron chi connectivity index (χ4n) is 1.97. The second-order valence-corrected chi connectivity index (χ2v) is 4.51. The minimum absolute atomic E-state index is 0.285. The van der Waals surface area contributed by atoms with Gasteiger partial charge in [0, 0.05) is 17.3 Å². The Hall–Kier alpha value is -3.02. The lowest BCUT2D eigenvalue weighted by atomic mass is 10.0. The van der Waals surface area contributed by atoms with Crippen molar-refractivity contribution in [2.75, 3.05) is 11.5 Å². The van der Waals surface area contributed by atoms with Gasteiger partial charge in [0.1, 0.15) is 17.5 Å². The first kappa shape index (κ1) is 13.0. The van der Waals surface area contributed by atoms with Gasteiger partial charge in [0.15, 0.2) is 0 Å². The molecule has 0 saturated heterocycles. The molecule has 0 unspecified atom stereocenters. The van der Waals surface area contributed by atoms with Gasteiger partial charge in [-0.2, -0.15) is 0 Å². The highest BCUT2D eigenvalue weighted by molar-refractivity contribution is 5.77. The topological polar surface area (TPSA) is 90.7 Å². The molecule has 6 heteroatoms. The first-order valence-electron chi connectivity index (χ1n) is 6.24. The molecule has 0 aliphatic heterocycles. The molecule has 21 heavy (non-hydrogen) atoms. The Morgan fingerprint density at radius 3 is 2.29 bits per heavy atom. The molecule has 0 amide bonds. The van der Waals surface area contributed by atoms with E-state index < -0.39 is 0 Å². The molecule has 2 heterocycles. The van der Waals surface area contributed by atoms with Gasteiger partial charge in [-0.3, -0.25) is 0 Å². The summed E-state index contributed by atoms with van der Waals surface area (Å²) < 4.78 is 13.0. The Bertz CT molecular complexity index is 769. The number of nitrogen functional groups attached to an aromatic ring is 2. The van der Waals surface area contributed by atoms with Gasteiger partial charge in [-0.25, -0.2) is 9.37 Å². The van der Waals surface area contributed by atoms with Gasteiger partial charge in [-0.05, 0) is 35.9 Å². The molecule has 3 aromatic rings. The van der Waals surface area contributed by atoms with Crippen LogP contribution < -0.4 is 11.5 Å². The number of nitrogens with zero attached hydrogens (tertiary/aromatic N) is 3.